The molecule has 1 saturated heterocycles. The maximum absolute atomic E-state index is 12.0. The number of benzene rings is 2. The predicted octanol–water partition coefficient (Wildman–Crippen LogP) is 4.10. The Kier molecular flexibility index (Phi) is 4.79. The van der Waals surface area contributed by atoms with Crippen molar-refractivity contribution in [2.45, 2.75) is 6.61 Å². The third-order valence-electron chi connectivity index (χ3n) is 3.39. The molecule has 0 unspecified atom stereocenters. The van der Waals surface area contributed by atoms with E-state index >= 15 is 0 Å². The number of nitrogens with zero attached hydrogens (tertiary/aromatic N) is 1. The summed E-state index contributed by atoms with van der Waals surface area (Å²) in [5.41, 5.74) is 2.04. The first-order chi connectivity index (χ1) is 11.1. The normalized spacial score (nSPS) is 16.2. The lowest BCUT2D eigenvalue weighted by Gasteiger charge is -2.07. The number of carbonyl (C=O) groups is 1. The van der Waals surface area contributed by atoms with Crippen LogP contribution < -0.4 is 4.74 Å². The Labute approximate surface area is 144 Å². The van der Waals surface area contributed by atoms with E-state index in [2.05, 4.69) is 0 Å². The van der Waals surface area contributed by atoms with Crippen molar-refractivity contribution in [3.8, 4) is 5.75 Å². The van der Waals surface area contributed by atoms with Crippen LogP contribution in [0.15, 0.2) is 59.5 Å². The van der Waals surface area contributed by atoms with Crippen LogP contribution in [0.1, 0.15) is 11.1 Å². The van der Waals surface area contributed by atoms with E-state index in [1.807, 2.05) is 60.7 Å². The SMILES string of the molecule is CN1C(=O)/C(=C\c2cccc(OCc3ccccc3)c2)SC1=S. The van der Waals surface area contributed by atoms with Crippen molar-refractivity contribution in [3.63, 3.8) is 0 Å². The molecular formula is C18H15NO2S2. The molecule has 1 aliphatic heterocycles. The van der Waals surface area contributed by atoms with E-state index in [1.54, 1.807) is 7.05 Å². The van der Waals surface area contributed by atoms with Crippen molar-refractivity contribution >= 4 is 40.3 Å². The molecule has 0 aromatic heterocycles. The van der Waals surface area contributed by atoms with Gasteiger partial charge in [-0.15, -0.1) is 0 Å². The Balaban J connectivity index is 1.73. The third kappa shape index (κ3) is 3.81. The van der Waals surface area contributed by atoms with Crippen LogP contribution in [0.3, 0.4) is 0 Å². The average molecular weight is 341 g/mol. The van der Waals surface area contributed by atoms with Crippen LogP contribution in [0.5, 0.6) is 5.75 Å². The van der Waals surface area contributed by atoms with Gasteiger partial charge in [0.25, 0.3) is 5.91 Å². The molecule has 0 bridgehead atoms. The van der Waals surface area contributed by atoms with Gasteiger partial charge in [-0.1, -0.05) is 66.4 Å². The fourth-order valence-corrected chi connectivity index (χ4v) is 3.31. The number of hydrogen-bond donors (Lipinski definition) is 0. The van der Waals surface area contributed by atoms with E-state index in [-0.39, 0.29) is 5.91 Å². The number of ether oxygens (including phenoxy) is 1. The molecule has 0 aliphatic carbocycles. The molecule has 0 spiro atoms. The maximum atomic E-state index is 12.0. The molecule has 0 N–H and O–H groups in total. The summed E-state index contributed by atoms with van der Waals surface area (Å²) >= 11 is 6.46. The molecule has 3 nitrogen and oxygen atoms in total. The van der Waals surface area contributed by atoms with Gasteiger partial charge in [-0.25, -0.2) is 0 Å². The minimum absolute atomic E-state index is 0.0596. The summed E-state index contributed by atoms with van der Waals surface area (Å²) in [6, 6.07) is 17.7. The number of likely N-dealkylation sites (N-methyl/N-ethyl adjacent to an activating group) is 1. The molecule has 1 amide bonds. The van der Waals surface area contributed by atoms with Gasteiger partial charge in [-0.2, -0.15) is 0 Å². The molecule has 1 fully saturated rings. The number of carbonyl (C=O) groups excluding carboxylic acids is 1. The molecule has 2 aromatic rings. The Morgan fingerprint density at radius 3 is 2.65 bits per heavy atom. The molecule has 2 aromatic carbocycles. The van der Waals surface area contributed by atoms with Gasteiger partial charge in [0.2, 0.25) is 0 Å². The number of thiocarbonyl (C=S) groups is 1. The highest BCUT2D eigenvalue weighted by Gasteiger charge is 2.28. The molecule has 23 heavy (non-hydrogen) atoms. The first kappa shape index (κ1) is 15.8. The quantitative estimate of drug-likeness (QED) is 0.619. The Morgan fingerprint density at radius 1 is 1.17 bits per heavy atom. The third-order valence-corrected chi connectivity index (χ3v) is 4.88. The van der Waals surface area contributed by atoms with E-state index < -0.39 is 0 Å². The second kappa shape index (κ2) is 6.98. The standard InChI is InChI=1S/C18H15NO2S2/c1-19-17(20)16(23-18(19)22)11-14-8-5-9-15(10-14)21-12-13-6-3-2-4-7-13/h2-11H,12H2,1H3/b16-11+. The number of amides is 1. The topological polar surface area (TPSA) is 29.5 Å². The lowest BCUT2D eigenvalue weighted by molar-refractivity contribution is -0.121. The molecule has 5 heteroatoms. The van der Waals surface area contributed by atoms with Crippen LogP contribution in [0.25, 0.3) is 6.08 Å². The molecule has 0 saturated carbocycles. The lowest BCUT2D eigenvalue weighted by Crippen LogP contribution is -2.22. The largest absolute Gasteiger partial charge is 0.489 e. The first-order valence-corrected chi connectivity index (χ1v) is 8.34. The van der Waals surface area contributed by atoms with Gasteiger partial charge in [0.05, 0.1) is 4.91 Å². The van der Waals surface area contributed by atoms with E-state index in [1.165, 1.54) is 16.7 Å². The van der Waals surface area contributed by atoms with E-state index in [4.69, 9.17) is 17.0 Å². The van der Waals surface area contributed by atoms with Crippen LogP contribution in [-0.4, -0.2) is 22.2 Å². The van der Waals surface area contributed by atoms with Crippen molar-refractivity contribution < 1.29 is 9.53 Å². The van der Waals surface area contributed by atoms with Crippen molar-refractivity contribution in [1.82, 2.24) is 4.90 Å². The second-order valence-corrected chi connectivity index (χ2v) is 6.76. The highest BCUT2D eigenvalue weighted by atomic mass is 32.2. The Bertz CT molecular complexity index is 772. The van der Waals surface area contributed by atoms with E-state index in [0.29, 0.717) is 15.8 Å². The van der Waals surface area contributed by atoms with Crippen LogP contribution >= 0.6 is 24.0 Å². The summed E-state index contributed by atoms with van der Waals surface area (Å²) in [5.74, 6) is 0.713. The minimum atomic E-state index is -0.0596. The number of rotatable bonds is 4. The van der Waals surface area contributed by atoms with Gasteiger partial charge in [-0.05, 0) is 29.3 Å². The maximum Gasteiger partial charge on any atom is 0.265 e. The summed E-state index contributed by atoms with van der Waals surface area (Å²) in [6.45, 7) is 0.515. The van der Waals surface area contributed by atoms with Crippen LogP contribution in [0, 0.1) is 0 Å². The van der Waals surface area contributed by atoms with Gasteiger partial charge < -0.3 is 4.74 Å². The summed E-state index contributed by atoms with van der Waals surface area (Å²) in [7, 11) is 1.69. The van der Waals surface area contributed by atoms with Crippen molar-refractivity contribution in [3.05, 3.63) is 70.6 Å². The summed E-state index contributed by atoms with van der Waals surface area (Å²) in [6.07, 6.45) is 1.85. The van der Waals surface area contributed by atoms with Crippen molar-refractivity contribution in [1.29, 1.82) is 0 Å². The second-order valence-electron chi connectivity index (χ2n) is 5.09. The first-order valence-electron chi connectivity index (χ1n) is 7.12. The molecule has 0 atom stereocenters. The highest BCUT2D eigenvalue weighted by molar-refractivity contribution is 8.26. The van der Waals surface area contributed by atoms with Crippen LogP contribution in [0.2, 0.25) is 0 Å². The highest BCUT2D eigenvalue weighted by Crippen LogP contribution is 2.31. The fourth-order valence-electron chi connectivity index (χ4n) is 2.13. The average Bonchev–Trinajstić information content (AvgIpc) is 2.81. The van der Waals surface area contributed by atoms with Crippen LogP contribution in [-0.2, 0) is 11.4 Å². The van der Waals surface area contributed by atoms with Gasteiger partial charge in [0, 0.05) is 7.05 Å². The monoisotopic (exact) mass is 341 g/mol. The number of thioether (sulfide) groups is 1. The van der Waals surface area contributed by atoms with Gasteiger partial charge in [-0.3, -0.25) is 9.69 Å². The van der Waals surface area contributed by atoms with E-state index in [9.17, 15) is 4.79 Å². The Morgan fingerprint density at radius 2 is 1.96 bits per heavy atom. The van der Waals surface area contributed by atoms with Crippen molar-refractivity contribution in [2.24, 2.45) is 0 Å². The zero-order valence-corrected chi connectivity index (χ0v) is 14.2. The lowest BCUT2D eigenvalue weighted by atomic mass is 10.2. The molecule has 0 radical (unpaired) electrons. The van der Waals surface area contributed by atoms with E-state index in [0.717, 1.165) is 16.9 Å². The molecule has 3 rings (SSSR count). The summed E-state index contributed by atoms with van der Waals surface area (Å²) in [5, 5.41) is 0. The summed E-state index contributed by atoms with van der Waals surface area (Å²) < 4.78 is 6.39. The molecule has 116 valence electrons. The zero-order chi connectivity index (χ0) is 16.2. The molecule has 1 heterocycles. The minimum Gasteiger partial charge on any atom is -0.489 e. The fraction of sp³-hybridized carbons (Fsp3) is 0.111. The zero-order valence-electron chi connectivity index (χ0n) is 12.6. The van der Waals surface area contributed by atoms with Gasteiger partial charge in [0.15, 0.2) is 0 Å². The van der Waals surface area contributed by atoms with Gasteiger partial charge in [0.1, 0.15) is 16.7 Å². The molecule has 1 aliphatic rings. The number of hydrogen-bond acceptors (Lipinski definition) is 4. The smallest absolute Gasteiger partial charge is 0.265 e. The van der Waals surface area contributed by atoms with Crippen LogP contribution in [0.4, 0.5) is 0 Å². The summed E-state index contributed by atoms with van der Waals surface area (Å²) in [4.78, 5) is 14.2. The molecular weight excluding hydrogens is 326 g/mol. The predicted molar refractivity (Wildman–Crippen MR) is 98.2 cm³/mol. The Hall–Kier alpha value is -2.11. The van der Waals surface area contributed by atoms with Crippen molar-refractivity contribution in [2.75, 3.05) is 7.05 Å². The van der Waals surface area contributed by atoms with Gasteiger partial charge >= 0.3 is 0 Å².